The predicted molar refractivity (Wildman–Crippen MR) is 106 cm³/mol. The van der Waals surface area contributed by atoms with E-state index < -0.39 is 5.97 Å². The SMILES string of the molecule is COC(=O)c1cccc(C)c1NC(=O)c1csc(CCc2ccccc2)n1. The molecule has 1 amide bonds. The summed E-state index contributed by atoms with van der Waals surface area (Å²) in [5.74, 6) is -0.826. The van der Waals surface area contributed by atoms with Crippen LogP contribution >= 0.6 is 11.3 Å². The van der Waals surface area contributed by atoms with Crippen molar-refractivity contribution < 1.29 is 14.3 Å². The number of anilines is 1. The quantitative estimate of drug-likeness (QED) is 0.648. The number of nitrogens with zero attached hydrogens (tertiary/aromatic N) is 1. The molecule has 27 heavy (non-hydrogen) atoms. The Morgan fingerprint density at radius 1 is 1.07 bits per heavy atom. The third-order valence-corrected chi connectivity index (χ3v) is 5.08. The number of carbonyl (C=O) groups is 2. The van der Waals surface area contributed by atoms with Gasteiger partial charge in [-0.15, -0.1) is 11.3 Å². The van der Waals surface area contributed by atoms with Crippen LogP contribution in [0.2, 0.25) is 0 Å². The van der Waals surface area contributed by atoms with Crippen LogP contribution < -0.4 is 5.32 Å². The minimum atomic E-state index is -0.490. The number of para-hydroxylation sites is 1. The van der Waals surface area contributed by atoms with E-state index in [0.29, 0.717) is 16.9 Å². The lowest BCUT2D eigenvalue weighted by molar-refractivity contribution is 0.0602. The van der Waals surface area contributed by atoms with Gasteiger partial charge in [0.2, 0.25) is 0 Å². The minimum Gasteiger partial charge on any atom is -0.465 e. The fourth-order valence-corrected chi connectivity index (χ4v) is 3.50. The van der Waals surface area contributed by atoms with Crippen LogP contribution in [0.1, 0.15) is 37.0 Å². The Balaban J connectivity index is 1.71. The molecule has 0 unspecified atom stereocenters. The first-order chi connectivity index (χ1) is 13.1. The molecule has 0 spiro atoms. The van der Waals surface area contributed by atoms with Gasteiger partial charge in [-0.25, -0.2) is 9.78 Å². The van der Waals surface area contributed by atoms with Crippen molar-refractivity contribution in [1.29, 1.82) is 0 Å². The number of methoxy groups -OCH3 is 1. The van der Waals surface area contributed by atoms with Crippen LogP contribution in [0, 0.1) is 6.92 Å². The first-order valence-corrected chi connectivity index (χ1v) is 9.44. The second-order valence-corrected chi connectivity index (χ2v) is 7.00. The fourth-order valence-electron chi connectivity index (χ4n) is 2.72. The van der Waals surface area contributed by atoms with Crippen LogP contribution in [0.4, 0.5) is 5.69 Å². The monoisotopic (exact) mass is 380 g/mol. The molecular weight excluding hydrogens is 360 g/mol. The molecule has 1 N–H and O–H groups in total. The lowest BCUT2D eigenvalue weighted by Crippen LogP contribution is -2.17. The van der Waals surface area contributed by atoms with Crippen LogP contribution in [0.3, 0.4) is 0 Å². The van der Waals surface area contributed by atoms with E-state index in [4.69, 9.17) is 4.74 Å². The Morgan fingerprint density at radius 2 is 1.85 bits per heavy atom. The molecule has 0 aliphatic carbocycles. The number of carbonyl (C=O) groups excluding carboxylic acids is 2. The average Bonchev–Trinajstić information content (AvgIpc) is 3.17. The summed E-state index contributed by atoms with van der Waals surface area (Å²) in [6, 6.07) is 15.4. The van der Waals surface area contributed by atoms with Gasteiger partial charge in [-0.1, -0.05) is 42.5 Å². The Labute approximate surface area is 162 Å². The number of amides is 1. The highest BCUT2D eigenvalue weighted by Gasteiger charge is 2.18. The summed E-state index contributed by atoms with van der Waals surface area (Å²) in [4.78, 5) is 29.0. The largest absolute Gasteiger partial charge is 0.465 e. The van der Waals surface area contributed by atoms with Crippen molar-refractivity contribution in [3.63, 3.8) is 0 Å². The fraction of sp³-hybridized carbons (Fsp3) is 0.190. The van der Waals surface area contributed by atoms with Crippen LogP contribution in [0.15, 0.2) is 53.9 Å². The number of rotatable bonds is 6. The van der Waals surface area contributed by atoms with Gasteiger partial charge in [0.1, 0.15) is 5.69 Å². The zero-order valence-electron chi connectivity index (χ0n) is 15.2. The van der Waals surface area contributed by atoms with E-state index in [1.807, 2.05) is 31.2 Å². The summed E-state index contributed by atoms with van der Waals surface area (Å²) < 4.78 is 4.79. The molecule has 5 nitrogen and oxygen atoms in total. The van der Waals surface area contributed by atoms with Crippen molar-refractivity contribution in [3.8, 4) is 0 Å². The third kappa shape index (κ3) is 4.60. The van der Waals surface area contributed by atoms with E-state index in [-0.39, 0.29) is 5.91 Å². The highest BCUT2D eigenvalue weighted by molar-refractivity contribution is 7.09. The maximum atomic E-state index is 12.6. The van der Waals surface area contributed by atoms with E-state index in [2.05, 4.69) is 22.4 Å². The number of ether oxygens (including phenoxy) is 1. The molecule has 0 aliphatic heterocycles. The second-order valence-electron chi connectivity index (χ2n) is 6.06. The number of aryl methyl sites for hydroxylation is 3. The highest BCUT2D eigenvalue weighted by Crippen LogP contribution is 2.23. The van der Waals surface area contributed by atoms with Gasteiger partial charge in [0, 0.05) is 11.8 Å². The van der Waals surface area contributed by atoms with Crippen molar-refractivity contribution in [2.24, 2.45) is 0 Å². The topological polar surface area (TPSA) is 68.3 Å². The number of hydrogen-bond donors (Lipinski definition) is 1. The molecule has 1 heterocycles. The van der Waals surface area contributed by atoms with Crippen molar-refractivity contribution in [3.05, 3.63) is 81.3 Å². The van der Waals surface area contributed by atoms with Gasteiger partial charge in [0.15, 0.2) is 0 Å². The van der Waals surface area contributed by atoms with Gasteiger partial charge in [-0.2, -0.15) is 0 Å². The van der Waals surface area contributed by atoms with Crippen molar-refractivity contribution >= 4 is 28.9 Å². The van der Waals surface area contributed by atoms with Gasteiger partial charge in [0.25, 0.3) is 5.91 Å². The van der Waals surface area contributed by atoms with Gasteiger partial charge in [-0.05, 0) is 30.5 Å². The number of aromatic nitrogens is 1. The van der Waals surface area contributed by atoms with Crippen molar-refractivity contribution in [2.75, 3.05) is 12.4 Å². The third-order valence-electron chi connectivity index (χ3n) is 4.17. The number of nitrogens with one attached hydrogen (secondary N) is 1. The first kappa shape index (κ1) is 18.8. The molecule has 0 saturated heterocycles. The summed E-state index contributed by atoms with van der Waals surface area (Å²) in [6.07, 6.45) is 1.65. The van der Waals surface area contributed by atoms with E-state index >= 15 is 0 Å². The normalized spacial score (nSPS) is 10.4. The highest BCUT2D eigenvalue weighted by atomic mass is 32.1. The van der Waals surface area contributed by atoms with Crippen LogP contribution in [0.5, 0.6) is 0 Å². The van der Waals surface area contributed by atoms with Gasteiger partial charge in [0.05, 0.1) is 23.4 Å². The first-order valence-electron chi connectivity index (χ1n) is 8.56. The molecule has 0 saturated carbocycles. The molecule has 0 fully saturated rings. The van der Waals surface area contributed by atoms with Crippen LogP contribution in [0.25, 0.3) is 0 Å². The molecule has 0 aliphatic rings. The van der Waals surface area contributed by atoms with Crippen LogP contribution in [-0.4, -0.2) is 24.0 Å². The number of esters is 1. The molecule has 0 radical (unpaired) electrons. The lowest BCUT2D eigenvalue weighted by atomic mass is 10.1. The maximum Gasteiger partial charge on any atom is 0.339 e. The maximum absolute atomic E-state index is 12.6. The Bertz CT molecular complexity index is 951. The zero-order chi connectivity index (χ0) is 19.2. The number of hydrogen-bond acceptors (Lipinski definition) is 5. The lowest BCUT2D eigenvalue weighted by Gasteiger charge is -2.11. The molecule has 0 bridgehead atoms. The molecule has 1 aromatic heterocycles. The molecular formula is C21H20N2O3S. The van der Waals surface area contributed by atoms with Crippen molar-refractivity contribution in [2.45, 2.75) is 19.8 Å². The summed E-state index contributed by atoms with van der Waals surface area (Å²) in [5, 5.41) is 5.45. The summed E-state index contributed by atoms with van der Waals surface area (Å²) >= 11 is 1.46. The Hall–Kier alpha value is -2.99. The van der Waals surface area contributed by atoms with Crippen molar-refractivity contribution in [1.82, 2.24) is 4.98 Å². The summed E-state index contributed by atoms with van der Waals surface area (Å²) in [7, 11) is 1.32. The zero-order valence-corrected chi connectivity index (χ0v) is 16.0. The van der Waals surface area contributed by atoms with E-state index in [1.165, 1.54) is 24.0 Å². The predicted octanol–water partition coefficient (Wildman–Crippen LogP) is 4.28. The van der Waals surface area contributed by atoms with E-state index in [0.717, 1.165) is 23.4 Å². The molecule has 3 rings (SSSR count). The second kappa shape index (κ2) is 8.60. The molecule has 0 atom stereocenters. The smallest absolute Gasteiger partial charge is 0.339 e. The summed E-state index contributed by atoms with van der Waals surface area (Å²) in [6.45, 7) is 1.83. The van der Waals surface area contributed by atoms with Gasteiger partial charge in [-0.3, -0.25) is 4.79 Å². The molecule has 6 heteroatoms. The molecule has 3 aromatic rings. The Kier molecular flexibility index (Phi) is 5.98. The molecule has 2 aromatic carbocycles. The van der Waals surface area contributed by atoms with E-state index in [1.54, 1.807) is 17.5 Å². The Morgan fingerprint density at radius 3 is 2.59 bits per heavy atom. The number of thiazole rings is 1. The van der Waals surface area contributed by atoms with Gasteiger partial charge < -0.3 is 10.1 Å². The van der Waals surface area contributed by atoms with Crippen LogP contribution in [-0.2, 0) is 17.6 Å². The number of benzene rings is 2. The van der Waals surface area contributed by atoms with E-state index in [9.17, 15) is 9.59 Å². The summed E-state index contributed by atoms with van der Waals surface area (Å²) in [5.41, 5.74) is 3.15. The molecule has 138 valence electrons. The average molecular weight is 380 g/mol. The minimum absolute atomic E-state index is 0.324. The standard InChI is InChI=1S/C21H20N2O3S/c1-14-7-6-10-16(21(25)26-2)19(14)23-20(24)17-13-27-18(22-17)12-11-15-8-4-3-5-9-15/h3-10,13H,11-12H2,1-2H3,(H,23,24). The van der Waals surface area contributed by atoms with Gasteiger partial charge >= 0.3 is 5.97 Å².